The van der Waals surface area contributed by atoms with Gasteiger partial charge in [-0.25, -0.2) is 4.79 Å². The number of para-hydroxylation sites is 1. The number of hydrogen-bond acceptors (Lipinski definition) is 6. The van der Waals surface area contributed by atoms with Crippen molar-refractivity contribution in [3.05, 3.63) is 102 Å². The third kappa shape index (κ3) is 8.43. The standard InChI is InChI=1S/C32H35N5O6/c1-19(35-30(40)25(33)15-21-11-13-23(38)14-12-21)29(39)36-27(17-22-18-34-26-10-6-5-9-24(22)26)31(41)37-28(32(42)43)16-20-7-3-2-4-8-20/h2-14,18-19,25,27-28,34,38H,15-17,33H2,1H3,(H,35,40)(H,36,39)(H,37,41)(H,42,43)/t19-,25+,27+,28+/m1/s1. The monoisotopic (exact) mass is 585 g/mol. The van der Waals surface area contributed by atoms with Gasteiger partial charge in [0.25, 0.3) is 0 Å². The Kier molecular flexibility index (Phi) is 10.1. The van der Waals surface area contributed by atoms with E-state index < -0.39 is 47.9 Å². The van der Waals surface area contributed by atoms with E-state index in [1.807, 2.05) is 30.3 Å². The Morgan fingerprint density at radius 2 is 1.37 bits per heavy atom. The minimum atomic E-state index is -1.23. The van der Waals surface area contributed by atoms with Crippen LogP contribution in [-0.4, -0.2) is 63.1 Å². The highest BCUT2D eigenvalue weighted by Crippen LogP contribution is 2.19. The van der Waals surface area contributed by atoms with Crippen LogP contribution in [-0.2, 0) is 38.4 Å². The first-order valence-electron chi connectivity index (χ1n) is 13.9. The molecule has 0 fully saturated rings. The topological polar surface area (TPSA) is 187 Å². The molecule has 4 atom stereocenters. The molecule has 43 heavy (non-hydrogen) atoms. The third-order valence-electron chi connectivity index (χ3n) is 7.11. The molecule has 3 aromatic carbocycles. The van der Waals surface area contributed by atoms with Gasteiger partial charge in [0.05, 0.1) is 6.04 Å². The van der Waals surface area contributed by atoms with Crippen LogP contribution in [0.25, 0.3) is 10.9 Å². The van der Waals surface area contributed by atoms with Gasteiger partial charge in [0.1, 0.15) is 23.9 Å². The van der Waals surface area contributed by atoms with Gasteiger partial charge in [0.15, 0.2) is 0 Å². The molecule has 11 nitrogen and oxygen atoms in total. The van der Waals surface area contributed by atoms with Crippen LogP contribution in [0.2, 0.25) is 0 Å². The molecule has 0 saturated carbocycles. The Bertz CT molecular complexity index is 1570. The summed E-state index contributed by atoms with van der Waals surface area (Å²) in [7, 11) is 0. The summed E-state index contributed by atoms with van der Waals surface area (Å²) in [6.07, 6.45) is 2.05. The molecule has 3 amide bonds. The summed E-state index contributed by atoms with van der Waals surface area (Å²) >= 11 is 0. The minimum Gasteiger partial charge on any atom is -0.508 e. The highest BCUT2D eigenvalue weighted by atomic mass is 16.4. The number of phenols is 1. The van der Waals surface area contributed by atoms with Crippen LogP contribution < -0.4 is 21.7 Å². The number of benzene rings is 3. The van der Waals surface area contributed by atoms with Crippen LogP contribution in [0.4, 0.5) is 0 Å². The molecule has 0 bridgehead atoms. The second-order valence-corrected chi connectivity index (χ2v) is 10.4. The van der Waals surface area contributed by atoms with Crippen molar-refractivity contribution in [2.24, 2.45) is 5.73 Å². The maximum atomic E-state index is 13.5. The molecule has 0 aliphatic carbocycles. The number of hydrogen-bond donors (Lipinski definition) is 7. The van der Waals surface area contributed by atoms with Gasteiger partial charge < -0.3 is 36.9 Å². The molecule has 4 aromatic rings. The van der Waals surface area contributed by atoms with Gasteiger partial charge in [0, 0.05) is 29.9 Å². The van der Waals surface area contributed by atoms with E-state index in [-0.39, 0.29) is 25.0 Å². The Hall–Kier alpha value is -5.16. The summed E-state index contributed by atoms with van der Waals surface area (Å²) in [6.45, 7) is 1.47. The second kappa shape index (κ2) is 14.1. The lowest BCUT2D eigenvalue weighted by Gasteiger charge is -2.24. The average Bonchev–Trinajstić information content (AvgIpc) is 3.40. The molecule has 4 rings (SSSR count). The number of nitrogens with two attached hydrogens (primary N) is 1. The smallest absolute Gasteiger partial charge is 0.326 e. The fourth-order valence-electron chi connectivity index (χ4n) is 4.71. The number of aromatic amines is 1. The van der Waals surface area contributed by atoms with E-state index in [2.05, 4.69) is 20.9 Å². The fraction of sp³-hybridized carbons (Fsp3) is 0.250. The Morgan fingerprint density at radius 3 is 2.07 bits per heavy atom. The van der Waals surface area contributed by atoms with E-state index in [9.17, 15) is 29.4 Å². The van der Waals surface area contributed by atoms with Gasteiger partial charge in [-0.05, 0) is 48.2 Å². The molecule has 0 aliphatic heterocycles. The van der Waals surface area contributed by atoms with Crippen LogP contribution >= 0.6 is 0 Å². The van der Waals surface area contributed by atoms with Gasteiger partial charge in [-0.1, -0.05) is 60.7 Å². The van der Waals surface area contributed by atoms with Crippen molar-refractivity contribution >= 4 is 34.6 Å². The number of phenolic OH excluding ortho intramolecular Hbond substituents is 1. The number of carbonyl (C=O) groups is 4. The predicted molar refractivity (Wildman–Crippen MR) is 161 cm³/mol. The lowest BCUT2D eigenvalue weighted by Crippen LogP contribution is -2.57. The molecule has 0 saturated heterocycles. The van der Waals surface area contributed by atoms with Crippen molar-refractivity contribution in [1.82, 2.24) is 20.9 Å². The van der Waals surface area contributed by atoms with Crippen molar-refractivity contribution in [1.29, 1.82) is 0 Å². The van der Waals surface area contributed by atoms with E-state index >= 15 is 0 Å². The van der Waals surface area contributed by atoms with Crippen molar-refractivity contribution in [2.75, 3.05) is 0 Å². The first-order chi connectivity index (χ1) is 20.6. The molecule has 11 heteroatoms. The molecular formula is C32H35N5O6. The van der Waals surface area contributed by atoms with Gasteiger partial charge >= 0.3 is 5.97 Å². The number of amides is 3. The number of carbonyl (C=O) groups excluding carboxylic acids is 3. The van der Waals surface area contributed by atoms with Crippen LogP contribution in [0, 0.1) is 0 Å². The molecule has 8 N–H and O–H groups in total. The van der Waals surface area contributed by atoms with Crippen molar-refractivity contribution < 1.29 is 29.4 Å². The zero-order valence-electron chi connectivity index (χ0n) is 23.6. The van der Waals surface area contributed by atoms with E-state index in [1.54, 1.807) is 42.6 Å². The Morgan fingerprint density at radius 1 is 0.744 bits per heavy atom. The number of carboxylic acid groups (broad SMARTS) is 1. The highest BCUT2D eigenvalue weighted by Gasteiger charge is 2.30. The summed E-state index contributed by atoms with van der Waals surface area (Å²) in [5, 5.41) is 28.0. The molecule has 224 valence electrons. The van der Waals surface area contributed by atoms with E-state index in [0.717, 1.165) is 27.6 Å². The van der Waals surface area contributed by atoms with Crippen molar-refractivity contribution in [2.45, 2.75) is 50.4 Å². The van der Waals surface area contributed by atoms with Crippen LogP contribution in [0.15, 0.2) is 85.1 Å². The number of nitrogens with one attached hydrogen (secondary N) is 4. The summed E-state index contributed by atoms with van der Waals surface area (Å²) in [5.41, 5.74) is 9.10. The normalized spacial score (nSPS) is 13.8. The second-order valence-electron chi connectivity index (χ2n) is 10.4. The molecular weight excluding hydrogens is 550 g/mol. The van der Waals surface area contributed by atoms with E-state index in [0.29, 0.717) is 0 Å². The summed E-state index contributed by atoms with van der Waals surface area (Å²) in [4.78, 5) is 54.6. The first-order valence-corrected chi connectivity index (χ1v) is 13.9. The summed E-state index contributed by atoms with van der Waals surface area (Å²) < 4.78 is 0. The van der Waals surface area contributed by atoms with Gasteiger partial charge in [0.2, 0.25) is 17.7 Å². The Balaban J connectivity index is 1.46. The quantitative estimate of drug-likeness (QED) is 0.125. The maximum absolute atomic E-state index is 13.5. The summed E-state index contributed by atoms with van der Waals surface area (Å²) in [5.74, 6) is -3.00. The molecule has 1 aromatic heterocycles. The van der Waals surface area contributed by atoms with Gasteiger partial charge in [-0.15, -0.1) is 0 Å². The number of carboxylic acids is 1. The fourth-order valence-corrected chi connectivity index (χ4v) is 4.71. The zero-order valence-corrected chi connectivity index (χ0v) is 23.6. The Labute approximate surface area is 248 Å². The largest absolute Gasteiger partial charge is 0.508 e. The minimum absolute atomic E-state index is 0.0566. The number of fused-ring (bicyclic) bond motifs is 1. The number of H-pyrrole nitrogens is 1. The molecule has 1 heterocycles. The lowest BCUT2D eigenvalue weighted by atomic mass is 10.0. The molecule has 0 spiro atoms. The highest BCUT2D eigenvalue weighted by molar-refractivity contribution is 5.94. The predicted octanol–water partition coefficient (Wildman–Crippen LogP) is 1.79. The van der Waals surface area contributed by atoms with Crippen molar-refractivity contribution in [3.63, 3.8) is 0 Å². The van der Waals surface area contributed by atoms with Crippen molar-refractivity contribution in [3.8, 4) is 5.75 Å². The number of rotatable bonds is 13. The van der Waals surface area contributed by atoms with E-state index in [4.69, 9.17) is 5.73 Å². The third-order valence-corrected chi connectivity index (χ3v) is 7.11. The summed E-state index contributed by atoms with van der Waals surface area (Å²) in [6, 6.07) is 18.3. The molecule has 0 radical (unpaired) electrons. The molecule has 0 unspecified atom stereocenters. The number of aromatic hydroxyl groups is 1. The van der Waals surface area contributed by atoms with Crippen LogP contribution in [0.3, 0.4) is 0 Å². The van der Waals surface area contributed by atoms with E-state index in [1.165, 1.54) is 19.1 Å². The van der Waals surface area contributed by atoms with Crippen LogP contribution in [0.5, 0.6) is 5.75 Å². The number of aromatic nitrogens is 1. The zero-order chi connectivity index (χ0) is 30.9. The number of aliphatic carboxylic acids is 1. The molecule has 0 aliphatic rings. The van der Waals surface area contributed by atoms with Gasteiger partial charge in [-0.2, -0.15) is 0 Å². The average molecular weight is 586 g/mol. The van der Waals surface area contributed by atoms with Crippen LogP contribution in [0.1, 0.15) is 23.6 Å². The maximum Gasteiger partial charge on any atom is 0.326 e. The van der Waals surface area contributed by atoms with Gasteiger partial charge in [-0.3, -0.25) is 14.4 Å². The SMILES string of the molecule is C[C@@H](NC(=O)[C@@H](N)Cc1ccc(O)cc1)C(=O)N[C@@H](Cc1c[nH]c2ccccc12)C(=O)N[C@@H](Cc1ccccc1)C(=O)O. The lowest BCUT2D eigenvalue weighted by molar-refractivity contribution is -0.142. The first kappa shape index (κ1) is 30.8.